The summed E-state index contributed by atoms with van der Waals surface area (Å²) in [6, 6.07) is 1.09. The van der Waals surface area contributed by atoms with E-state index in [9.17, 15) is 9.90 Å². The normalized spacial score (nSPS) is 22.5. The summed E-state index contributed by atoms with van der Waals surface area (Å²) in [5, 5.41) is 19.5. The minimum absolute atomic E-state index is 0.0429. The van der Waals surface area contributed by atoms with Gasteiger partial charge in [0.2, 0.25) is 11.6 Å². The fourth-order valence-corrected chi connectivity index (χ4v) is 9.27. The molecule has 1 fully saturated rings. The van der Waals surface area contributed by atoms with Crippen molar-refractivity contribution >= 4 is 31.6 Å². The van der Waals surface area contributed by atoms with E-state index in [0.717, 1.165) is 19.3 Å². The zero-order chi connectivity index (χ0) is 40.8. The van der Waals surface area contributed by atoms with E-state index in [2.05, 4.69) is 31.2 Å². The topological polar surface area (TPSA) is 150 Å². The first-order valence-electron chi connectivity index (χ1n) is 19.8. The first-order valence-corrected chi connectivity index (χ1v) is 22.7. The lowest BCUT2D eigenvalue weighted by atomic mass is 9.57. The van der Waals surface area contributed by atoms with Gasteiger partial charge in [-0.25, -0.2) is 0 Å². The number of methoxy groups -OCH3 is 1. The van der Waals surface area contributed by atoms with Crippen LogP contribution in [0, 0.1) is 17.3 Å². The second-order valence-electron chi connectivity index (χ2n) is 18.4. The number of aliphatic hydroxyl groups excluding tert-OH is 1. The van der Waals surface area contributed by atoms with Crippen LogP contribution in [-0.2, 0) is 15.6 Å². The lowest BCUT2D eigenvalue weighted by Gasteiger charge is -2.55. The zero-order valence-corrected chi connectivity index (χ0v) is 36.3. The molecule has 1 amide bonds. The SMILES string of the molecule is CCCCOc1noc2c1C(=O)[C@@]1(O[Si](C)(C)C(C)(C)C)C(=O)C3=C(O)c4c(c(OC)cc(C(=O)NCC(C)(C)C)c4OCCCC)CC3C[C@H]1[C@@H]2N(C)C. The Morgan fingerprint density at radius 3 is 2.24 bits per heavy atom. The summed E-state index contributed by atoms with van der Waals surface area (Å²) >= 11 is 0. The molecule has 0 radical (unpaired) electrons. The van der Waals surface area contributed by atoms with Crippen LogP contribution < -0.4 is 19.5 Å². The molecule has 4 atom stereocenters. The van der Waals surface area contributed by atoms with Crippen molar-refractivity contribution in [3.05, 3.63) is 39.7 Å². The van der Waals surface area contributed by atoms with Crippen molar-refractivity contribution in [3.8, 4) is 17.4 Å². The summed E-state index contributed by atoms with van der Waals surface area (Å²) in [6.45, 7) is 21.4. The molecule has 2 N–H and O–H groups in total. The second-order valence-corrected chi connectivity index (χ2v) is 23.1. The fraction of sp³-hybridized carbons (Fsp3) is 0.667. The van der Waals surface area contributed by atoms with Crippen LogP contribution in [0.15, 0.2) is 16.2 Å². The maximum absolute atomic E-state index is 15.8. The van der Waals surface area contributed by atoms with Gasteiger partial charge in [0.15, 0.2) is 19.7 Å². The van der Waals surface area contributed by atoms with Gasteiger partial charge in [0, 0.05) is 23.6 Å². The molecule has 3 aliphatic rings. The van der Waals surface area contributed by atoms with Crippen LogP contribution in [-0.4, -0.2) is 87.5 Å². The summed E-state index contributed by atoms with van der Waals surface area (Å²) in [6.07, 6.45) is 3.77. The molecule has 0 bridgehead atoms. The van der Waals surface area contributed by atoms with Gasteiger partial charge in [0.05, 0.1) is 37.5 Å². The number of aromatic nitrogens is 1. The molecular formula is C42H63N3O9Si. The standard InChI is InChI=1S/C42H63N3O9Si/c1-14-16-18-51-34-26(38(49)43-23-40(3,4)5)22-28(50-11)25-20-24-21-27-32(45(9)10)35-31(39(44-53-35)52-19-17-15-2)37(48)42(27,54-55(12,13)41(6,7)8)36(47)29(24)33(46)30(25)34/h22,24,27,32,46H,14-21,23H2,1-13H3,(H,43,49)/t24?,27-,32-,42-/m0/s1. The highest BCUT2D eigenvalue weighted by Crippen LogP contribution is 2.59. The number of unbranched alkanes of at least 4 members (excludes halogenated alkanes) is 2. The van der Waals surface area contributed by atoms with Gasteiger partial charge in [-0.05, 0) is 80.5 Å². The number of carbonyl (C=O) groups is 3. The fourth-order valence-electron chi connectivity index (χ4n) is 7.82. The average Bonchev–Trinajstić information content (AvgIpc) is 3.50. The molecule has 304 valence electrons. The highest BCUT2D eigenvalue weighted by molar-refractivity contribution is 6.74. The third-order valence-corrected chi connectivity index (χ3v) is 16.2. The highest BCUT2D eigenvalue weighted by Gasteiger charge is 2.69. The Hall–Kier alpha value is -3.68. The Morgan fingerprint density at radius 1 is 1.04 bits per heavy atom. The largest absolute Gasteiger partial charge is 0.507 e. The quantitative estimate of drug-likeness (QED) is 0.109. The molecule has 12 nitrogen and oxygen atoms in total. The molecule has 0 spiro atoms. The Kier molecular flexibility index (Phi) is 12.1. The van der Waals surface area contributed by atoms with Crippen LogP contribution in [0.1, 0.15) is 131 Å². The molecule has 0 aliphatic heterocycles. The minimum Gasteiger partial charge on any atom is -0.507 e. The van der Waals surface area contributed by atoms with Crippen molar-refractivity contribution in [2.45, 2.75) is 124 Å². The monoisotopic (exact) mass is 781 g/mol. The smallest absolute Gasteiger partial charge is 0.265 e. The first-order chi connectivity index (χ1) is 25.7. The van der Waals surface area contributed by atoms with E-state index in [4.69, 9.17) is 23.2 Å². The number of rotatable bonds is 14. The molecular weight excluding hydrogens is 719 g/mol. The number of nitrogens with zero attached hydrogens (tertiary/aromatic N) is 2. The molecule has 1 aromatic carbocycles. The first kappa shape index (κ1) is 42.5. The number of hydrogen-bond donors (Lipinski definition) is 2. The van der Waals surface area contributed by atoms with E-state index in [1.54, 1.807) is 6.07 Å². The van der Waals surface area contributed by atoms with Gasteiger partial charge >= 0.3 is 0 Å². The van der Waals surface area contributed by atoms with Crippen molar-refractivity contribution in [3.63, 3.8) is 0 Å². The number of aliphatic hydroxyl groups is 1. The van der Waals surface area contributed by atoms with Gasteiger partial charge in [0.25, 0.3) is 11.8 Å². The molecule has 3 aliphatic carbocycles. The number of ether oxygens (including phenoxy) is 3. The van der Waals surface area contributed by atoms with Gasteiger partial charge in [-0.3, -0.25) is 19.3 Å². The molecule has 2 aromatic rings. The number of nitrogens with one attached hydrogen (secondary N) is 1. The lowest BCUT2D eigenvalue weighted by molar-refractivity contribution is -0.140. The average molecular weight is 782 g/mol. The van der Waals surface area contributed by atoms with Crippen LogP contribution in [0.3, 0.4) is 0 Å². The van der Waals surface area contributed by atoms with Crippen LogP contribution in [0.2, 0.25) is 18.1 Å². The zero-order valence-electron chi connectivity index (χ0n) is 35.3. The molecule has 1 aromatic heterocycles. The predicted molar refractivity (Wildman–Crippen MR) is 214 cm³/mol. The molecule has 1 saturated carbocycles. The van der Waals surface area contributed by atoms with Crippen LogP contribution in [0.5, 0.6) is 17.4 Å². The lowest BCUT2D eigenvalue weighted by Crippen LogP contribution is -2.68. The van der Waals surface area contributed by atoms with Crippen LogP contribution in [0.25, 0.3) is 5.76 Å². The molecule has 1 unspecified atom stereocenters. The van der Waals surface area contributed by atoms with Crippen molar-refractivity contribution in [2.75, 3.05) is 41.0 Å². The van der Waals surface area contributed by atoms with E-state index in [1.807, 2.05) is 66.7 Å². The molecule has 13 heteroatoms. The van der Waals surface area contributed by atoms with E-state index < -0.39 is 43.4 Å². The van der Waals surface area contributed by atoms with E-state index in [1.165, 1.54) is 7.11 Å². The maximum Gasteiger partial charge on any atom is 0.265 e. The highest BCUT2D eigenvalue weighted by atomic mass is 28.4. The Labute approximate surface area is 327 Å². The number of hydrogen-bond acceptors (Lipinski definition) is 11. The maximum atomic E-state index is 15.8. The third kappa shape index (κ3) is 7.60. The number of fused-ring (bicyclic) bond motifs is 4. The number of amides is 1. The van der Waals surface area contributed by atoms with Crippen molar-refractivity contribution in [2.24, 2.45) is 17.3 Å². The summed E-state index contributed by atoms with van der Waals surface area (Å²) < 4.78 is 31.5. The van der Waals surface area contributed by atoms with E-state index >= 15 is 9.59 Å². The van der Waals surface area contributed by atoms with Gasteiger partial charge in [-0.15, -0.1) is 0 Å². The molecule has 5 rings (SSSR count). The van der Waals surface area contributed by atoms with Crippen molar-refractivity contribution in [1.29, 1.82) is 0 Å². The number of benzene rings is 1. The second kappa shape index (κ2) is 15.7. The Morgan fingerprint density at radius 2 is 1.67 bits per heavy atom. The van der Waals surface area contributed by atoms with Crippen molar-refractivity contribution < 1.29 is 42.6 Å². The Bertz CT molecular complexity index is 1830. The van der Waals surface area contributed by atoms with Gasteiger partial charge in [0.1, 0.15) is 22.8 Å². The summed E-state index contributed by atoms with van der Waals surface area (Å²) in [5.41, 5.74) is -0.953. The summed E-state index contributed by atoms with van der Waals surface area (Å²) in [4.78, 5) is 47.0. The van der Waals surface area contributed by atoms with Gasteiger partial charge in [-0.1, -0.05) is 68.2 Å². The number of Topliss-reactive ketones (excluding diaryl/α,β-unsaturated/α-hetero) is 2. The van der Waals surface area contributed by atoms with Gasteiger partial charge < -0.3 is 33.6 Å². The van der Waals surface area contributed by atoms with Crippen LogP contribution >= 0.6 is 0 Å². The summed E-state index contributed by atoms with van der Waals surface area (Å²) in [7, 11) is 2.40. The van der Waals surface area contributed by atoms with Crippen molar-refractivity contribution in [1.82, 2.24) is 15.4 Å². The predicted octanol–water partition coefficient (Wildman–Crippen LogP) is 8.11. The summed E-state index contributed by atoms with van der Waals surface area (Å²) in [5.74, 6) is -2.11. The molecule has 55 heavy (non-hydrogen) atoms. The third-order valence-electron chi connectivity index (χ3n) is 11.7. The molecule has 0 saturated heterocycles. The Balaban J connectivity index is 1.80. The minimum atomic E-state index is -2.91. The van der Waals surface area contributed by atoms with Gasteiger partial charge in [-0.2, -0.15) is 0 Å². The van der Waals surface area contributed by atoms with Crippen LogP contribution in [0.4, 0.5) is 0 Å². The van der Waals surface area contributed by atoms with E-state index in [0.29, 0.717) is 49.5 Å². The van der Waals surface area contributed by atoms with E-state index in [-0.39, 0.29) is 62.6 Å². The number of carbonyl (C=O) groups excluding carboxylic acids is 3. The molecule has 1 heterocycles. The number of ketones is 2.